The lowest BCUT2D eigenvalue weighted by atomic mass is 9.87. The summed E-state index contributed by atoms with van der Waals surface area (Å²) in [6.07, 6.45) is 1.46. The summed E-state index contributed by atoms with van der Waals surface area (Å²) in [6.45, 7) is 6.62. The molecule has 0 aliphatic rings. The summed E-state index contributed by atoms with van der Waals surface area (Å²) >= 11 is 1.61. The number of oxime groups is 1. The SMILES string of the molecule is Cn1nc(-c2ccccc2)c(/C=N/O)c1Sc1ccc(C(C)(C)C)cc1. The minimum atomic E-state index is 0.130. The molecule has 26 heavy (non-hydrogen) atoms. The topological polar surface area (TPSA) is 50.4 Å². The second-order valence-electron chi connectivity index (χ2n) is 7.18. The Morgan fingerprint density at radius 3 is 2.27 bits per heavy atom. The molecule has 5 heteroatoms. The van der Waals surface area contributed by atoms with Crippen LogP contribution in [0.25, 0.3) is 11.3 Å². The quantitative estimate of drug-likeness (QED) is 0.385. The van der Waals surface area contributed by atoms with E-state index in [-0.39, 0.29) is 5.41 Å². The van der Waals surface area contributed by atoms with Crippen molar-refractivity contribution in [2.24, 2.45) is 12.2 Å². The van der Waals surface area contributed by atoms with E-state index < -0.39 is 0 Å². The molecule has 0 aliphatic carbocycles. The lowest BCUT2D eigenvalue weighted by Gasteiger charge is -2.19. The molecule has 0 aliphatic heterocycles. The predicted octanol–water partition coefficient (Wildman–Crippen LogP) is 5.34. The normalized spacial score (nSPS) is 12.0. The van der Waals surface area contributed by atoms with Gasteiger partial charge in [-0.3, -0.25) is 4.68 Å². The van der Waals surface area contributed by atoms with Crippen molar-refractivity contribution < 1.29 is 5.21 Å². The van der Waals surface area contributed by atoms with Gasteiger partial charge in [-0.1, -0.05) is 80.2 Å². The second kappa shape index (κ2) is 7.38. The Balaban J connectivity index is 1.99. The Labute approximate surface area is 158 Å². The zero-order chi connectivity index (χ0) is 18.7. The first-order valence-corrected chi connectivity index (χ1v) is 9.30. The van der Waals surface area contributed by atoms with Crippen LogP contribution in [0.2, 0.25) is 0 Å². The van der Waals surface area contributed by atoms with Crippen molar-refractivity contribution in [2.45, 2.75) is 36.1 Å². The van der Waals surface area contributed by atoms with Gasteiger partial charge in [0.25, 0.3) is 0 Å². The maximum absolute atomic E-state index is 9.14. The standard InChI is InChI=1S/C21H23N3OS/c1-21(2,3)16-10-12-17(13-11-16)26-20-18(14-22-25)19(23-24(20)4)15-8-6-5-7-9-15/h5-14,25H,1-4H3/b22-14+. The highest BCUT2D eigenvalue weighted by molar-refractivity contribution is 7.99. The van der Waals surface area contributed by atoms with Gasteiger partial charge in [-0.25, -0.2) is 0 Å². The Bertz CT molecular complexity index is 907. The van der Waals surface area contributed by atoms with Crippen LogP contribution in [-0.2, 0) is 12.5 Å². The van der Waals surface area contributed by atoms with Crippen molar-refractivity contribution in [1.29, 1.82) is 0 Å². The molecular weight excluding hydrogens is 342 g/mol. The maximum Gasteiger partial charge on any atom is 0.108 e. The highest BCUT2D eigenvalue weighted by Crippen LogP contribution is 2.35. The number of hydrogen-bond acceptors (Lipinski definition) is 4. The summed E-state index contributed by atoms with van der Waals surface area (Å²) < 4.78 is 1.84. The molecule has 0 saturated heterocycles. The summed E-state index contributed by atoms with van der Waals surface area (Å²) in [5.41, 5.74) is 4.04. The van der Waals surface area contributed by atoms with Crippen molar-refractivity contribution in [3.05, 3.63) is 65.7 Å². The summed E-state index contributed by atoms with van der Waals surface area (Å²) in [7, 11) is 1.91. The molecule has 0 saturated carbocycles. The van der Waals surface area contributed by atoms with E-state index in [0.29, 0.717) is 0 Å². The fraction of sp³-hybridized carbons (Fsp3) is 0.238. The molecule has 0 atom stereocenters. The largest absolute Gasteiger partial charge is 0.411 e. The van der Waals surface area contributed by atoms with Crippen LogP contribution < -0.4 is 0 Å². The molecule has 0 radical (unpaired) electrons. The summed E-state index contributed by atoms with van der Waals surface area (Å²) in [5, 5.41) is 18.0. The van der Waals surface area contributed by atoms with E-state index in [1.54, 1.807) is 11.8 Å². The minimum absolute atomic E-state index is 0.130. The van der Waals surface area contributed by atoms with E-state index in [1.807, 2.05) is 42.1 Å². The van der Waals surface area contributed by atoms with E-state index >= 15 is 0 Å². The molecule has 2 aromatic carbocycles. The molecule has 0 fully saturated rings. The number of nitrogens with zero attached hydrogens (tertiary/aromatic N) is 3. The molecule has 4 nitrogen and oxygen atoms in total. The molecule has 1 heterocycles. The van der Waals surface area contributed by atoms with Crippen LogP contribution in [0.5, 0.6) is 0 Å². The first-order valence-electron chi connectivity index (χ1n) is 8.48. The third-order valence-electron chi connectivity index (χ3n) is 4.20. The predicted molar refractivity (Wildman–Crippen MR) is 107 cm³/mol. The van der Waals surface area contributed by atoms with Gasteiger partial charge in [0, 0.05) is 17.5 Å². The van der Waals surface area contributed by atoms with E-state index in [9.17, 15) is 0 Å². The highest BCUT2D eigenvalue weighted by atomic mass is 32.2. The lowest BCUT2D eigenvalue weighted by Crippen LogP contribution is -2.10. The Hall–Kier alpha value is -2.53. The van der Waals surface area contributed by atoms with Gasteiger partial charge in [0.15, 0.2) is 0 Å². The van der Waals surface area contributed by atoms with Gasteiger partial charge in [-0.2, -0.15) is 5.10 Å². The number of aromatic nitrogens is 2. The van der Waals surface area contributed by atoms with Crippen LogP contribution in [-0.4, -0.2) is 21.2 Å². The monoisotopic (exact) mass is 365 g/mol. The molecule has 0 unspecified atom stereocenters. The van der Waals surface area contributed by atoms with Gasteiger partial charge in [-0.15, -0.1) is 0 Å². The summed E-state index contributed by atoms with van der Waals surface area (Å²) in [5.74, 6) is 0. The van der Waals surface area contributed by atoms with Crippen molar-refractivity contribution in [1.82, 2.24) is 9.78 Å². The van der Waals surface area contributed by atoms with E-state index in [0.717, 1.165) is 26.7 Å². The molecule has 1 N–H and O–H groups in total. The maximum atomic E-state index is 9.14. The van der Waals surface area contributed by atoms with Crippen molar-refractivity contribution in [3.63, 3.8) is 0 Å². The van der Waals surface area contributed by atoms with Crippen LogP contribution >= 0.6 is 11.8 Å². The average Bonchev–Trinajstić information content (AvgIpc) is 2.92. The smallest absolute Gasteiger partial charge is 0.108 e. The Morgan fingerprint density at radius 2 is 1.69 bits per heavy atom. The Kier molecular flexibility index (Phi) is 5.18. The van der Waals surface area contributed by atoms with Gasteiger partial charge in [0.1, 0.15) is 10.7 Å². The first kappa shape index (κ1) is 18.3. The van der Waals surface area contributed by atoms with Crippen molar-refractivity contribution >= 4 is 18.0 Å². The third kappa shape index (κ3) is 3.83. The lowest BCUT2D eigenvalue weighted by molar-refractivity contribution is 0.321. The minimum Gasteiger partial charge on any atom is -0.411 e. The first-order chi connectivity index (χ1) is 12.4. The number of hydrogen-bond donors (Lipinski definition) is 1. The van der Waals surface area contributed by atoms with Gasteiger partial charge in [0.05, 0.1) is 11.8 Å². The average molecular weight is 366 g/mol. The zero-order valence-electron chi connectivity index (χ0n) is 15.5. The Morgan fingerprint density at radius 1 is 1.04 bits per heavy atom. The van der Waals surface area contributed by atoms with Crippen LogP contribution in [0.4, 0.5) is 0 Å². The van der Waals surface area contributed by atoms with Crippen LogP contribution in [0.1, 0.15) is 31.9 Å². The third-order valence-corrected chi connectivity index (χ3v) is 5.38. The second-order valence-corrected chi connectivity index (χ2v) is 8.24. The van der Waals surface area contributed by atoms with Gasteiger partial charge < -0.3 is 5.21 Å². The van der Waals surface area contributed by atoms with E-state index in [1.165, 1.54) is 11.8 Å². The fourth-order valence-corrected chi connectivity index (χ4v) is 3.69. The van der Waals surface area contributed by atoms with Crippen LogP contribution in [0, 0.1) is 0 Å². The van der Waals surface area contributed by atoms with Gasteiger partial charge in [0.2, 0.25) is 0 Å². The number of benzene rings is 2. The molecule has 3 rings (SSSR count). The molecule has 0 amide bonds. The van der Waals surface area contributed by atoms with E-state index in [2.05, 4.69) is 55.3 Å². The van der Waals surface area contributed by atoms with Gasteiger partial charge >= 0.3 is 0 Å². The zero-order valence-corrected chi connectivity index (χ0v) is 16.3. The van der Waals surface area contributed by atoms with Crippen LogP contribution in [0.15, 0.2) is 69.7 Å². The molecule has 0 bridgehead atoms. The fourth-order valence-electron chi connectivity index (χ4n) is 2.76. The molecule has 1 aromatic heterocycles. The molecule has 0 spiro atoms. The summed E-state index contributed by atoms with van der Waals surface area (Å²) in [6, 6.07) is 18.5. The van der Waals surface area contributed by atoms with Crippen LogP contribution in [0.3, 0.4) is 0 Å². The molecular formula is C21H23N3OS. The van der Waals surface area contributed by atoms with E-state index in [4.69, 9.17) is 5.21 Å². The molecule has 134 valence electrons. The van der Waals surface area contributed by atoms with Crippen molar-refractivity contribution in [3.8, 4) is 11.3 Å². The van der Waals surface area contributed by atoms with Gasteiger partial charge in [-0.05, 0) is 23.1 Å². The molecule has 3 aromatic rings. The summed E-state index contributed by atoms with van der Waals surface area (Å²) in [4.78, 5) is 1.12. The highest BCUT2D eigenvalue weighted by Gasteiger charge is 2.18. The van der Waals surface area contributed by atoms with Crippen molar-refractivity contribution in [2.75, 3.05) is 0 Å². The number of aryl methyl sites for hydroxylation is 1. The number of rotatable bonds is 4.